The summed E-state index contributed by atoms with van der Waals surface area (Å²) in [6.07, 6.45) is 1.14. The first kappa shape index (κ1) is 15.8. The van der Waals surface area contributed by atoms with Crippen molar-refractivity contribution in [1.29, 1.82) is 0 Å². The Morgan fingerprint density at radius 3 is 2.95 bits per heavy atom. The van der Waals surface area contributed by atoms with Crippen LogP contribution in [0.1, 0.15) is 24.3 Å². The molecule has 5 nitrogen and oxygen atoms in total. The summed E-state index contributed by atoms with van der Waals surface area (Å²) in [5.74, 6) is 0.0713. The molecule has 1 aromatic rings. The summed E-state index contributed by atoms with van der Waals surface area (Å²) in [5, 5.41) is 3.31. The van der Waals surface area contributed by atoms with E-state index in [0.717, 1.165) is 18.7 Å². The van der Waals surface area contributed by atoms with E-state index in [0.29, 0.717) is 32.8 Å². The average molecular weight is 293 g/mol. The van der Waals surface area contributed by atoms with Crippen LogP contribution >= 0.6 is 0 Å². The van der Waals surface area contributed by atoms with E-state index in [1.165, 1.54) is 5.56 Å². The molecule has 0 saturated carbocycles. The average Bonchev–Trinajstić information content (AvgIpc) is 2.90. The smallest absolute Gasteiger partial charge is 0.306 e. The van der Waals surface area contributed by atoms with E-state index in [2.05, 4.69) is 11.4 Å². The lowest BCUT2D eigenvalue weighted by molar-refractivity contribution is -0.144. The van der Waals surface area contributed by atoms with Crippen molar-refractivity contribution in [3.63, 3.8) is 0 Å². The number of para-hydroxylation sites is 1. The Labute approximate surface area is 125 Å². The zero-order valence-electron chi connectivity index (χ0n) is 12.5. The summed E-state index contributed by atoms with van der Waals surface area (Å²) in [7, 11) is 1.64. The number of nitrogens with one attached hydrogen (secondary N) is 1. The predicted octanol–water partition coefficient (Wildman–Crippen LogP) is 2.18. The van der Waals surface area contributed by atoms with Crippen LogP contribution < -0.4 is 5.32 Å². The van der Waals surface area contributed by atoms with Gasteiger partial charge < -0.3 is 19.5 Å². The second kappa shape index (κ2) is 8.64. The highest BCUT2D eigenvalue weighted by atomic mass is 16.5. The second-order valence-electron chi connectivity index (χ2n) is 5.05. The van der Waals surface area contributed by atoms with Crippen molar-refractivity contribution in [3.8, 4) is 0 Å². The monoisotopic (exact) mass is 293 g/mol. The molecule has 0 aliphatic carbocycles. The fourth-order valence-electron chi connectivity index (χ4n) is 2.39. The van der Waals surface area contributed by atoms with Gasteiger partial charge in [-0.3, -0.25) is 4.79 Å². The molecule has 21 heavy (non-hydrogen) atoms. The Morgan fingerprint density at radius 2 is 2.10 bits per heavy atom. The van der Waals surface area contributed by atoms with Crippen molar-refractivity contribution in [2.75, 3.05) is 45.4 Å². The van der Waals surface area contributed by atoms with Crippen LogP contribution in [0.15, 0.2) is 24.3 Å². The van der Waals surface area contributed by atoms with Crippen LogP contribution in [0, 0.1) is 0 Å². The molecule has 1 aliphatic rings. The molecule has 0 fully saturated rings. The summed E-state index contributed by atoms with van der Waals surface area (Å²) in [5.41, 5.74) is 2.33. The number of rotatable bonds is 9. The van der Waals surface area contributed by atoms with Crippen LogP contribution in [0.25, 0.3) is 0 Å². The van der Waals surface area contributed by atoms with Crippen LogP contribution in [0.2, 0.25) is 0 Å². The van der Waals surface area contributed by atoms with Gasteiger partial charge in [0.15, 0.2) is 0 Å². The topological polar surface area (TPSA) is 56.8 Å². The molecule has 1 unspecified atom stereocenters. The van der Waals surface area contributed by atoms with Gasteiger partial charge in [-0.1, -0.05) is 18.2 Å². The fraction of sp³-hybridized carbons (Fsp3) is 0.562. The molecule has 1 atom stereocenters. The molecule has 1 N–H and O–H groups in total. The van der Waals surface area contributed by atoms with Gasteiger partial charge in [0.1, 0.15) is 0 Å². The molecule has 1 aliphatic heterocycles. The van der Waals surface area contributed by atoms with Gasteiger partial charge in [0.2, 0.25) is 0 Å². The number of methoxy groups -OCH3 is 1. The first-order chi connectivity index (χ1) is 10.3. The van der Waals surface area contributed by atoms with Crippen molar-refractivity contribution >= 4 is 11.7 Å². The van der Waals surface area contributed by atoms with Gasteiger partial charge in [0, 0.05) is 38.3 Å². The minimum Gasteiger partial charge on any atom is -0.466 e. The number of benzene rings is 1. The minimum absolute atomic E-state index is 0.143. The number of carbonyl (C=O) groups is 1. The Bertz CT molecular complexity index is 450. The van der Waals surface area contributed by atoms with Crippen LogP contribution in [-0.4, -0.2) is 46.1 Å². The number of ether oxygens (including phenoxy) is 3. The lowest BCUT2D eigenvalue weighted by Crippen LogP contribution is -2.13. The van der Waals surface area contributed by atoms with Gasteiger partial charge in [-0.15, -0.1) is 0 Å². The Balaban J connectivity index is 1.60. The predicted molar refractivity (Wildman–Crippen MR) is 80.6 cm³/mol. The second-order valence-corrected chi connectivity index (χ2v) is 5.05. The van der Waals surface area contributed by atoms with Crippen molar-refractivity contribution in [2.24, 2.45) is 0 Å². The maximum atomic E-state index is 11.8. The zero-order valence-corrected chi connectivity index (χ0v) is 12.5. The maximum Gasteiger partial charge on any atom is 0.306 e. The standard InChI is InChI=1S/C16H23NO4/c1-19-9-10-20-7-4-8-21-16(18)11-13-12-17-15-6-3-2-5-14(13)15/h2-3,5-6,13,17H,4,7-12H2,1H3. The molecule has 1 aromatic carbocycles. The molecule has 116 valence electrons. The lowest BCUT2D eigenvalue weighted by atomic mass is 9.98. The molecule has 0 aromatic heterocycles. The summed E-state index contributed by atoms with van der Waals surface area (Å²) in [6.45, 7) is 2.97. The van der Waals surface area contributed by atoms with E-state index in [-0.39, 0.29) is 11.9 Å². The highest BCUT2D eigenvalue weighted by molar-refractivity contribution is 5.72. The van der Waals surface area contributed by atoms with E-state index in [1.807, 2.05) is 18.2 Å². The minimum atomic E-state index is -0.143. The van der Waals surface area contributed by atoms with Gasteiger partial charge in [-0.2, -0.15) is 0 Å². The van der Waals surface area contributed by atoms with Crippen molar-refractivity contribution in [3.05, 3.63) is 29.8 Å². The third-order valence-corrected chi connectivity index (χ3v) is 3.48. The summed E-state index contributed by atoms with van der Waals surface area (Å²) >= 11 is 0. The number of hydrogen-bond donors (Lipinski definition) is 1. The number of hydrogen-bond acceptors (Lipinski definition) is 5. The molecule has 0 spiro atoms. The molecule has 0 radical (unpaired) electrons. The number of anilines is 1. The Morgan fingerprint density at radius 1 is 1.24 bits per heavy atom. The van der Waals surface area contributed by atoms with Gasteiger partial charge in [-0.25, -0.2) is 0 Å². The molecule has 0 amide bonds. The quantitative estimate of drug-likeness (QED) is 0.558. The van der Waals surface area contributed by atoms with Gasteiger partial charge in [0.25, 0.3) is 0 Å². The Kier molecular flexibility index (Phi) is 6.50. The molecule has 5 heteroatoms. The van der Waals surface area contributed by atoms with Crippen molar-refractivity contribution < 1.29 is 19.0 Å². The largest absolute Gasteiger partial charge is 0.466 e. The molecule has 2 rings (SSSR count). The lowest BCUT2D eigenvalue weighted by Gasteiger charge is -2.10. The van der Waals surface area contributed by atoms with Gasteiger partial charge >= 0.3 is 5.97 Å². The SMILES string of the molecule is COCCOCCCOC(=O)CC1CNc2ccccc21. The molecular formula is C16H23NO4. The van der Waals surface area contributed by atoms with E-state index in [1.54, 1.807) is 7.11 Å². The van der Waals surface area contributed by atoms with Crippen LogP contribution in [-0.2, 0) is 19.0 Å². The molecule has 0 bridgehead atoms. The van der Waals surface area contributed by atoms with Gasteiger partial charge in [-0.05, 0) is 11.6 Å². The summed E-state index contributed by atoms with van der Waals surface area (Å²) in [6, 6.07) is 8.10. The van der Waals surface area contributed by atoms with E-state index in [9.17, 15) is 4.79 Å². The number of fused-ring (bicyclic) bond motifs is 1. The third kappa shape index (κ3) is 5.02. The highest BCUT2D eigenvalue weighted by Gasteiger charge is 2.24. The normalized spacial score (nSPS) is 16.3. The number of esters is 1. The number of carbonyl (C=O) groups excluding carboxylic acids is 1. The molecule has 0 saturated heterocycles. The van der Waals surface area contributed by atoms with Crippen molar-refractivity contribution in [1.82, 2.24) is 0 Å². The van der Waals surface area contributed by atoms with E-state index < -0.39 is 0 Å². The molecule has 1 heterocycles. The maximum absolute atomic E-state index is 11.8. The van der Waals surface area contributed by atoms with Crippen molar-refractivity contribution in [2.45, 2.75) is 18.8 Å². The summed E-state index contributed by atoms with van der Waals surface area (Å²) < 4.78 is 15.4. The van der Waals surface area contributed by atoms with Crippen LogP contribution in [0.3, 0.4) is 0 Å². The summed E-state index contributed by atoms with van der Waals surface area (Å²) in [4.78, 5) is 11.8. The first-order valence-corrected chi connectivity index (χ1v) is 7.36. The highest BCUT2D eigenvalue weighted by Crippen LogP contribution is 2.33. The van der Waals surface area contributed by atoms with Gasteiger partial charge in [0.05, 0.1) is 26.2 Å². The van der Waals surface area contributed by atoms with E-state index in [4.69, 9.17) is 14.2 Å². The Hall–Kier alpha value is -1.59. The van der Waals surface area contributed by atoms with Crippen LogP contribution in [0.5, 0.6) is 0 Å². The third-order valence-electron chi connectivity index (χ3n) is 3.48. The zero-order chi connectivity index (χ0) is 14.9. The van der Waals surface area contributed by atoms with E-state index >= 15 is 0 Å². The van der Waals surface area contributed by atoms with Crippen LogP contribution in [0.4, 0.5) is 5.69 Å². The fourth-order valence-corrected chi connectivity index (χ4v) is 2.39. The molecular weight excluding hydrogens is 270 g/mol. The first-order valence-electron chi connectivity index (χ1n) is 7.36.